The molecule has 3 nitrogen and oxygen atoms in total. The first-order chi connectivity index (χ1) is 9.13. The highest BCUT2D eigenvalue weighted by atomic mass is 35.5. The Morgan fingerprint density at radius 2 is 2.26 bits per heavy atom. The molecule has 1 amide bonds. The Kier molecular flexibility index (Phi) is 4.64. The molecule has 2 rings (SSSR count). The number of nitrogens with zero attached hydrogens (tertiary/aromatic N) is 1. The molecule has 1 unspecified atom stereocenters. The van der Waals surface area contributed by atoms with Crippen molar-refractivity contribution in [3.05, 3.63) is 29.6 Å². The summed E-state index contributed by atoms with van der Waals surface area (Å²) in [5.74, 6) is -0.596. The summed E-state index contributed by atoms with van der Waals surface area (Å²) in [6, 6.07) is 3.60. The van der Waals surface area contributed by atoms with Crippen molar-refractivity contribution >= 4 is 17.5 Å². The number of phenolic OH excluding ortho intramolecular Hbond substituents is 1. The van der Waals surface area contributed by atoms with Crippen LogP contribution in [0.15, 0.2) is 18.2 Å². The van der Waals surface area contributed by atoms with Crippen molar-refractivity contribution in [1.82, 2.24) is 4.90 Å². The van der Waals surface area contributed by atoms with Crippen LogP contribution in [0.25, 0.3) is 0 Å². The van der Waals surface area contributed by atoms with Crippen molar-refractivity contribution in [2.24, 2.45) is 0 Å². The van der Waals surface area contributed by atoms with E-state index in [0.717, 1.165) is 31.7 Å². The van der Waals surface area contributed by atoms with Crippen molar-refractivity contribution in [2.75, 3.05) is 12.4 Å². The Morgan fingerprint density at radius 1 is 1.47 bits per heavy atom. The summed E-state index contributed by atoms with van der Waals surface area (Å²) in [7, 11) is 0. The molecule has 1 N–H and O–H groups in total. The first kappa shape index (κ1) is 14.1. The quantitative estimate of drug-likeness (QED) is 0.867. The monoisotopic (exact) mass is 285 g/mol. The van der Waals surface area contributed by atoms with Gasteiger partial charge in [0.15, 0.2) is 0 Å². The van der Waals surface area contributed by atoms with Crippen molar-refractivity contribution in [1.29, 1.82) is 0 Å². The number of benzene rings is 1. The van der Waals surface area contributed by atoms with Gasteiger partial charge in [0.25, 0.3) is 5.91 Å². The number of halogens is 2. The van der Waals surface area contributed by atoms with E-state index in [1.54, 1.807) is 4.90 Å². The Morgan fingerprint density at radius 3 is 2.95 bits per heavy atom. The summed E-state index contributed by atoms with van der Waals surface area (Å²) in [6.07, 6.45) is 3.71. The van der Waals surface area contributed by atoms with E-state index in [1.165, 1.54) is 12.1 Å². The minimum Gasteiger partial charge on any atom is -0.507 e. The Bertz CT molecular complexity index is 465. The predicted molar refractivity (Wildman–Crippen MR) is 72.1 cm³/mol. The van der Waals surface area contributed by atoms with E-state index in [-0.39, 0.29) is 23.3 Å². The fraction of sp³-hybridized carbons (Fsp3) is 0.500. The van der Waals surface area contributed by atoms with Gasteiger partial charge in [0.05, 0.1) is 5.56 Å². The zero-order valence-electron chi connectivity index (χ0n) is 10.6. The summed E-state index contributed by atoms with van der Waals surface area (Å²) in [5.41, 5.74) is 0.155. The highest BCUT2D eigenvalue weighted by Crippen LogP contribution is 2.26. The number of alkyl halides is 1. The van der Waals surface area contributed by atoms with Gasteiger partial charge in [-0.25, -0.2) is 4.39 Å². The molecule has 0 saturated carbocycles. The third kappa shape index (κ3) is 3.18. The zero-order valence-corrected chi connectivity index (χ0v) is 11.4. The van der Waals surface area contributed by atoms with Crippen LogP contribution in [0.3, 0.4) is 0 Å². The third-order valence-corrected chi connectivity index (χ3v) is 3.74. The average Bonchev–Trinajstić information content (AvgIpc) is 2.39. The summed E-state index contributed by atoms with van der Waals surface area (Å²) in [6.45, 7) is 0.664. The number of rotatable bonds is 3. The summed E-state index contributed by atoms with van der Waals surface area (Å²) in [5, 5.41) is 9.70. The smallest absolute Gasteiger partial charge is 0.257 e. The minimum absolute atomic E-state index is 0.114. The molecule has 0 bridgehead atoms. The number of piperidine rings is 1. The number of carbonyl (C=O) groups excluding carboxylic acids is 1. The van der Waals surface area contributed by atoms with E-state index in [4.69, 9.17) is 11.6 Å². The van der Waals surface area contributed by atoms with Gasteiger partial charge in [0, 0.05) is 24.5 Å². The van der Waals surface area contributed by atoms with E-state index < -0.39 is 5.82 Å². The van der Waals surface area contributed by atoms with Gasteiger partial charge in [-0.15, -0.1) is 11.6 Å². The summed E-state index contributed by atoms with van der Waals surface area (Å²) >= 11 is 5.77. The van der Waals surface area contributed by atoms with Crippen molar-refractivity contribution < 1.29 is 14.3 Å². The lowest BCUT2D eigenvalue weighted by Gasteiger charge is -2.35. The number of phenols is 1. The molecule has 0 aliphatic carbocycles. The van der Waals surface area contributed by atoms with E-state index in [0.29, 0.717) is 12.4 Å². The molecule has 1 saturated heterocycles. The molecule has 104 valence electrons. The number of hydrogen-bond acceptors (Lipinski definition) is 2. The number of amides is 1. The van der Waals surface area contributed by atoms with Gasteiger partial charge in [0.2, 0.25) is 0 Å². The van der Waals surface area contributed by atoms with Crippen LogP contribution >= 0.6 is 11.6 Å². The standard InChI is InChI=1S/C14H17ClFNO2/c15-7-6-11-3-1-2-8-17(11)14(19)12-5-4-10(16)9-13(12)18/h4-5,9,11,18H,1-3,6-8H2. The van der Waals surface area contributed by atoms with Gasteiger partial charge in [0.1, 0.15) is 11.6 Å². The molecule has 0 spiro atoms. The highest BCUT2D eigenvalue weighted by Gasteiger charge is 2.28. The molecule has 1 aromatic carbocycles. The maximum Gasteiger partial charge on any atom is 0.257 e. The van der Waals surface area contributed by atoms with Crippen LogP contribution in [0.2, 0.25) is 0 Å². The summed E-state index contributed by atoms with van der Waals surface area (Å²) in [4.78, 5) is 14.2. The fourth-order valence-electron chi connectivity index (χ4n) is 2.53. The second-order valence-corrected chi connectivity index (χ2v) is 5.17. The number of likely N-dealkylation sites (tertiary alicyclic amines) is 1. The van der Waals surface area contributed by atoms with Gasteiger partial charge in [-0.1, -0.05) is 0 Å². The zero-order chi connectivity index (χ0) is 13.8. The molecule has 1 aromatic rings. The van der Waals surface area contributed by atoms with Crippen molar-refractivity contribution in [3.63, 3.8) is 0 Å². The van der Waals surface area contributed by atoms with Crippen LogP contribution in [0.1, 0.15) is 36.0 Å². The molecule has 1 atom stereocenters. The molecule has 19 heavy (non-hydrogen) atoms. The normalized spacial score (nSPS) is 19.5. The predicted octanol–water partition coefficient (Wildman–Crippen LogP) is 3.15. The second-order valence-electron chi connectivity index (χ2n) is 4.79. The van der Waals surface area contributed by atoms with Gasteiger partial charge in [-0.05, 0) is 37.8 Å². The van der Waals surface area contributed by atoms with Crippen molar-refractivity contribution in [2.45, 2.75) is 31.7 Å². The second kappa shape index (κ2) is 6.24. The highest BCUT2D eigenvalue weighted by molar-refractivity contribution is 6.17. The van der Waals surface area contributed by atoms with Gasteiger partial charge >= 0.3 is 0 Å². The Hall–Kier alpha value is -1.29. The van der Waals surface area contributed by atoms with Crippen LogP contribution in [-0.2, 0) is 0 Å². The van der Waals surface area contributed by atoms with Gasteiger partial charge in [-0.3, -0.25) is 4.79 Å². The minimum atomic E-state index is -0.551. The van der Waals surface area contributed by atoms with Crippen LogP contribution in [0.5, 0.6) is 5.75 Å². The van der Waals surface area contributed by atoms with Crippen LogP contribution < -0.4 is 0 Å². The Labute approximate surface area is 117 Å². The number of aromatic hydroxyl groups is 1. The lowest BCUT2D eigenvalue weighted by molar-refractivity contribution is 0.0606. The molecular weight excluding hydrogens is 269 g/mol. The maximum absolute atomic E-state index is 12.9. The van der Waals surface area contributed by atoms with Gasteiger partial charge < -0.3 is 10.0 Å². The molecule has 1 heterocycles. The van der Waals surface area contributed by atoms with E-state index >= 15 is 0 Å². The SMILES string of the molecule is O=C(c1ccc(F)cc1O)N1CCCCC1CCCl. The Balaban J connectivity index is 2.21. The third-order valence-electron chi connectivity index (χ3n) is 3.52. The molecule has 5 heteroatoms. The van der Waals surface area contributed by atoms with Crippen LogP contribution in [0.4, 0.5) is 4.39 Å². The molecule has 1 fully saturated rings. The molecule has 0 radical (unpaired) electrons. The van der Waals surface area contributed by atoms with Crippen LogP contribution in [-0.4, -0.2) is 34.4 Å². The lowest BCUT2D eigenvalue weighted by Crippen LogP contribution is -2.44. The molecule has 1 aliphatic rings. The molecule has 0 aromatic heterocycles. The van der Waals surface area contributed by atoms with Gasteiger partial charge in [-0.2, -0.15) is 0 Å². The van der Waals surface area contributed by atoms with Crippen molar-refractivity contribution in [3.8, 4) is 5.75 Å². The molecule has 1 aliphatic heterocycles. The number of hydrogen-bond donors (Lipinski definition) is 1. The first-order valence-electron chi connectivity index (χ1n) is 6.49. The fourth-order valence-corrected chi connectivity index (χ4v) is 2.79. The van der Waals surface area contributed by atoms with E-state index in [9.17, 15) is 14.3 Å². The lowest BCUT2D eigenvalue weighted by atomic mass is 9.98. The van der Waals surface area contributed by atoms with E-state index in [1.807, 2.05) is 0 Å². The first-order valence-corrected chi connectivity index (χ1v) is 7.02. The topological polar surface area (TPSA) is 40.5 Å². The number of carbonyl (C=O) groups is 1. The molecular formula is C14H17ClFNO2. The summed E-state index contributed by atoms with van der Waals surface area (Å²) < 4.78 is 12.9. The largest absolute Gasteiger partial charge is 0.507 e. The van der Waals surface area contributed by atoms with E-state index in [2.05, 4.69) is 0 Å². The average molecular weight is 286 g/mol. The maximum atomic E-state index is 12.9. The van der Waals surface area contributed by atoms with Crippen LogP contribution in [0, 0.1) is 5.82 Å².